The average Bonchev–Trinajstić information content (AvgIpc) is 2.30. The lowest BCUT2D eigenvalue weighted by Crippen LogP contribution is -2.00. The van der Waals surface area contributed by atoms with Crippen molar-refractivity contribution in [3.63, 3.8) is 0 Å². The summed E-state index contributed by atoms with van der Waals surface area (Å²) < 4.78 is 0. The largest absolute Gasteiger partial charge is 0.505 e. The Morgan fingerprint density at radius 1 is 1.12 bits per heavy atom. The highest BCUT2D eigenvalue weighted by molar-refractivity contribution is 5.91. The molecule has 0 amide bonds. The summed E-state index contributed by atoms with van der Waals surface area (Å²) in [6, 6.07) is 10.6. The smallest absolute Gasteiger partial charge is 0.358 e. The molecular weight excluding hydrogens is 206 g/mol. The van der Waals surface area contributed by atoms with E-state index in [1.807, 2.05) is 18.2 Å². The number of rotatable bonds is 2. The molecule has 4 nitrogen and oxygen atoms in total. The molecule has 0 unspecified atom stereocenters. The Bertz CT molecular complexity index is 523. The maximum Gasteiger partial charge on any atom is 0.358 e. The van der Waals surface area contributed by atoms with Crippen LogP contribution in [0.4, 0.5) is 0 Å². The van der Waals surface area contributed by atoms with Crippen LogP contribution in [0.5, 0.6) is 5.75 Å². The molecule has 0 aliphatic carbocycles. The van der Waals surface area contributed by atoms with E-state index in [1.165, 1.54) is 6.20 Å². The van der Waals surface area contributed by atoms with Gasteiger partial charge in [0.15, 0.2) is 11.4 Å². The first-order valence-electron chi connectivity index (χ1n) is 4.67. The predicted octanol–water partition coefficient (Wildman–Crippen LogP) is 2.15. The van der Waals surface area contributed by atoms with Gasteiger partial charge in [0.05, 0.1) is 0 Å². The minimum atomic E-state index is -1.24. The molecule has 0 saturated heterocycles. The standard InChI is InChI=1S/C12H9NO3/c14-11-9(8-4-2-1-3-5-8)6-7-13-10(11)12(15)16/h1-7,14H,(H,15,16). The second-order valence-corrected chi connectivity index (χ2v) is 3.23. The summed E-state index contributed by atoms with van der Waals surface area (Å²) in [4.78, 5) is 14.4. The highest BCUT2D eigenvalue weighted by atomic mass is 16.4. The van der Waals surface area contributed by atoms with E-state index >= 15 is 0 Å². The third-order valence-electron chi connectivity index (χ3n) is 2.21. The number of carboxylic acids is 1. The number of carbonyl (C=O) groups is 1. The van der Waals surface area contributed by atoms with Gasteiger partial charge in [-0.05, 0) is 11.6 Å². The molecule has 0 aliphatic heterocycles. The fourth-order valence-corrected chi connectivity index (χ4v) is 1.46. The number of aromatic hydroxyl groups is 1. The number of hydrogen-bond acceptors (Lipinski definition) is 3. The van der Waals surface area contributed by atoms with Gasteiger partial charge >= 0.3 is 5.97 Å². The molecule has 1 aromatic carbocycles. The third kappa shape index (κ3) is 1.72. The van der Waals surface area contributed by atoms with Crippen molar-refractivity contribution in [2.75, 3.05) is 0 Å². The minimum absolute atomic E-state index is 0.304. The number of hydrogen-bond donors (Lipinski definition) is 2. The van der Waals surface area contributed by atoms with Crippen LogP contribution in [0.3, 0.4) is 0 Å². The van der Waals surface area contributed by atoms with Crippen molar-refractivity contribution in [2.45, 2.75) is 0 Å². The lowest BCUT2D eigenvalue weighted by atomic mass is 10.1. The Kier molecular flexibility index (Phi) is 2.55. The van der Waals surface area contributed by atoms with E-state index in [2.05, 4.69) is 4.98 Å². The highest BCUT2D eigenvalue weighted by Gasteiger charge is 2.15. The lowest BCUT2D eigenvalue weighted by molar-refractivity contribution is 0.0687. The summed E-state index contributed by atoms with van der Waals surface area (Å²) in [5, 5.41) is 18.6. The van der Waals surface area contributed by atoms with Crippen LogP contribution < -0.4 is 0 Å². The van der Waals surface area contributed by atoms with Gasteiger partial charge in [-0.25, -0.2) is 9.78 Å². The molecule has 0 aliphatic rings. The zero-order chi connectivity index (χ0) is 11.5. The number of pyridine rings is 1. The first-order chi connectivity index (χ1) is 7.70. The maximum absolute atomic E-state index is 10.8. The first-order valence-corrected chi connectivity index (χ1v) is 4.67. The minimum Gasteiger partial charge on any atom is -0.505 e. The quantitative estimate of drug-likeness (QED) is 0.805. The molecule has 0 atom stereocenters. The number of carboxylic acid groups (broad SMARTS) is 1. The molecule has 1 heterocycles. The highest BCUT2D eigenvalue weighted by Crippen LogP contribution is 2.30. The summed E-state index contributed by atoms with van der Waals surface area (Å²) in [6.45, 7) is 0. The van der Waals surface area contributed by atoms with Crippen molar-refractivity contribution in [3.8, 4) is 16.9 Å². The molecule has 0 fully saturated rings. The molecule has 1 aromatic heterocycles. The molecule has 2 N–H and O–H groups in total. The van der Waals surface area contributed by atoms with Gasteiger partial charge in [-0.3, -0.25) is 0 Å². The van der Waals surface area contributed by atoms with Crippen molar-refractivity contribution in [1.29, 1.82) is 0 Å². The predicted molar refractivity (Wildman–Crippen MR) is 58.3 cm³/mol. The number of benzene rings is 1. The molecule has 0 radical (unpaired) electrons. The van der Waals surface area contributed by atoms with Crippen LogP contribution in [-0.4, -0.2) is 21.2 Å². The Labute approximate surface area is 91.8 Å². The van der Waals surface area contributed by atoms with E-state index in [-0.39, 0.29) is 11.4 Å². The van der Waals surface area contributed by atoms with Crippen molar-refractivity contribution in [3.05, 3.63) is 48.3 Å². The molecule has 0 saturated carbocycles. The Hall–Kier alpha value is -2.36. The van der Waals surface area contributed by atoms with Gasteiger partial charge in [0.25, 0.3) is 0 Å². The van der Waals surface area contributed by atoms with E-state index in [4.69, 9.17) is 5.11 Å². The van der Waals surface area contributed by atoms with E-state index < -0.39 is 5.97 Å². The molecule has 0 spiro atoms. The number of aromatic nitrogens is 1. The second kappa shape index (κ2) is 4.02. The summed E-state index contributed by atoms with van der Waals surface area (Å²) in [6.07, 6.45) is 1.37. The van der Waals surface area contributed by atoms with Crippen LogP contribution in [0.2, 0.25) is 0 Å². The van der Waals surface area contributed by atoms with Crippen molar-refractivity contribution >= 4 is 5.97 Å². The zero-order valence-electron chi connectivity index (χ0n) is 8.29. The molecule has 0 bridgehead atoms. The zero-order valence-corrected chi connectivity index (χ0v) is 8.29. The van der Waals surface area contributed by atoms with Crippen LogP contribution in [0.1, 0.15) is 10.5 Å². The Morgan fingerprint density at radius 2 is 1.81 bits per heavy atom. The van der Waals surface area contributed by atoms with Gasteiger partial charge in [0.1, 0.15) is 0 Å². The Balaban J connectivity index is 2.59. The van der Waals surface area contributed by atoms with Gasteiger partial charge in [-0.2, -0.15) is 0 Å². The SMILES string of the molecule is O=C(O)c1nccc(-c2ccccc2)c1O. The fourth-order valence-electron chi connectivity index (χ4n) is 1.46. The van der Waals surface area contributed by atoms with Gasteiger partial charge in [0, 0.05) is 11.8 Å². The van der Waals surface area contributed by atoms with Gasteiger partial charge in [0.2, 0.25) is 0 Å². The third-order valence-corrected chi connectivity index (χ3v) is 2.21. The van der Waals surface area contributed by atoms with E-state index in [9.17, 15) is 9.90 Å². The monoisotopic (exact) mass is 215 g/mol. The summed E-state index contributed by atoms with van der Waals surface area (Å²) in [5.41, 5.74) is 0.888. The summed E-state index contributed by atoms with van der Waals surface area (Å²) in [7, 11) is 0. The molecule has 16 heavy (non-hydrogen) atoms. The summed E-state index contributed by atoms with van der Waals surface area (Å²) >= 11 is 0. The number of aromatic carboxylic acids is 1. The van der Waals surface area contributed by atoms with E-state index in [1.54, 1.807) is 18.2 Å². The van der Waals surface area contributed by atoms with Crippen LogP contribution in [0, 0.1) is 0 Å². The van der Waals surface area contributed by atoms with Crippen LogP contribution >= 0.6 is 0 Å². The maximum atomic E-state index is 10.8. The topological polar surface area (TPSA) is 70.4 Å². The normalized spacial score (nSPS) is 10.0. The molecule has 4 heteroatoms. The van der Waals surface area contributed by atoms with E-state index in [0.29, 0.717) is 5.56 Å². The van der Waals surface area contributed by atoms with Crippen molar-refractivity contribution in [1.82, 2.24) is 4.98 Å². The molecular formula is C12H9NO3. The molecule has 80 valence electrons. The van der Waals surface area contributed by atoms with Gasteiger partial charge < -0.3 is 10.2 Å². The van der Waals surface area contributed by atoms with Crippen molar-refractivity contribution in [2.24, 2.45) is 0 Å². The van der Waals surface area contributed by atoms with Gasteiger partial charge in [-0.1, -0.05) is 30.3 Å². The number of nitrogens with zero attached hydrogens (tertiary/aromatic N) is 1. The van der Waals surface area contributed by atoms with E-state index in [0.717, 1.165) is 5.56 Å². The molecule has 2 rings (SSSR count). The molecule has 2 aromatic rings. The average molecular weight is 215 g/mol. The lowest BCUT2D eigenvalue weighted by Gasteiger charge is -2.05. The van der Waals surface area contributed by atoms with Crippen molar-refractivity contribution < 1.29 is 15.0 Å². The fraction of sp³-hybridized carbons (Fsp3) is 0. The summed E-state index contributed by atoms with van der Waals surface area (Å²) in [5.74, 6) is -1.54. The van der Waals surface area contributed by atoms with Crippen LogP contribution in [0.15, 0.2) is 42.6 Å². The second-order valence-electron chi connectivity index (χ2n) is 3.23. The Morgan fingerprint density at radius 3 is 2.44 bits per heavy atom. The van der Waals surface area contributed by atoms with Crippen LogP contribution in [0.25, 0.3) is 11.1 Å². The first kappa shape index (κ1) is 10.2. The van der Waals surface area contributed by atoms with Crippen LogP contribution in [-0.2, 0) is 0 Å². The van der Waals surface area contributed by atoms with Gasteiger partial charge in [-0.15, -0.1) is 0 Å².